The summed E-state index contributed by atoms with van der Waals surface area (Å²) in [4.78, 5) is 21.7. The highest BCUT2D eigenvalue weighted by Gasteiger charge is 2.14. The van der Waals surface area contributed by atoms with Gasteiger partial charge in [0.1, 0.15) is 6.54 Å². The van der Waals surface area contributed by atoms with Crippen LogP contribution in [0.25, 0.3) is 0 Å². The predicted molar refractivity (Wildman–Crippen MR) is 45.3 cm³/mol. The Morgan fingerprint density at radius 2 is 2.21 bits per heavy atom. The zero-order valence-electron chi connectivity index (χ0n) is 7.85. The summed E-state index contributed by atoms with van der Waals surface area (Å²) in [5, 5.41) is 7.12. The Morgan fingerprint density at radius 3 is 2.64 bits per heavy atom. The number of amides is 1. The summed E-state index contributed by atoms with van der Waals surface area (Å²) in [6.45, 7) is 1.52. The van der Waals surface area contributed by atoms with Crippen LogP contribution in [0, 0.1) is 6.92 Å². The van der Waals surface area contributed by atoms with Gasteiger partial charge < -0.3 is 10.5 Å². The molecule has 0 radical (unpaired) electrons. The topological polar surface area (TPSA) is 100 Å². The van der Waals surface area contributed by atoms with Gasteiger partial charge in [-0.25, -0.2) is 4.68 Å². The summed E-state index contributed by atoms with van der Waals surface area (Å²) in [5.74, 6) is -1.13. The highest BCUT2D eigenvalue weighted by Crippen LogP contribution is 2.02. The Hall–Kier alpha value is -1.92. The molecule has 0 spiro atoms. The predicted octanol–water partition coefficient (Wildman–Crippen LogP) is -1.14. The molecule has 1 heterocycles. The fourth-order valence-corrected chi connectivity index (χ4v) is 0.925. The van der Waals surface area contributed by atoms with E-state index in [-0.39, 0.29) is 12.2 Å². The van der Waals surface area contributed by atoms with E-state index in [4.69, 9.17) is 5.73 Å². The lowest BCUT2D eigenvalue weighted by Crippen LogP contribution is -2.16. The van der Waals surface area contributed by atoms with E-state index in [1.165, 1.54) is 11.8 Å². The molecule has 7 heteroatoms. The van der Waals surface area contributed by atoms with E-state index in [0.29, 0.717) is 5.69 Å². The third kappa shape index (κ3) is 1.87. The number of hydrogen-bond donors (Lipinski definition) is 1. The summed E-state index contributed by atoms with van der Waals surface area (Å²) < 4.78 is 5.69. The van der Waals surface area contributed by atoms with Crippen molar-refractivity contribution in [2.45, 2.75) is 13.5 Å². The van der Waals surface area contributed by atoms with Crippen LogP contribution in [0.5, 0.6) is 0 Å². The number of carbonyl (C=O) groups excluding carboxylic acids is 2. The molecule has 0 saturated carbocycles. The number of nitrogens with two attached hydrogens (primary N) is 1. The first-order chi connectivity index (χ1) is 6.56. The number of esters is 1. The van der Waals surface area contributed by atoms with Crippen molar-refractivity contribution in [2.24, 2.45) is 5.73 Å². The molecule has 1 aromatic rings. The summed E-state index contributed by atoms with van der Waals surface area (Å²) in [6.07, 6.45) is 0. The highest BCUT2D eigenvalue weighted by molar-refractivity contribution is 5.91. The van der Waals surface area contributed by atoms with Gasteiger partial charge in [0, 0.05) is 0 Å². The molecular weight excluding hydrogens is 188 g/mol. The lowest BCUT2D eigenvalue weighted by atomic mass is 10.3. The van der Waals surface area contributed by atoms with Gasteiger partial charge in [-0.2, -0.15) is 0 Å². The molecule has 0 bridgehead atoms. The van der Waals surface area contributed by atoms with Gasteiger partial charge in [-0.1, -0.05) is 5.21 Å². The largest absolute Gasteiger partial charge is 0.468 e. The van der Waals surface area contributed by atoms with E-state index >= 15 is 0 Å². The molecule has 1 aromatic heterocycles. The molecule has 2 N–H and O–H groups in total. The second kappa shape index (κ2) is 3.86. The molecule has 76 valence electrons. The Labute approximate surface area is 79.8 Å². The third-order valence-corrected chi connectivity index (χ3v) is 1.72. The number of hydrogen-bond acceptors (Lipinski definition) is 5. The van der Waals surface area contributed by atoms with Crippen LogP contribution in [-0.4, -0.2) is 34.0 Å². The molecule has 0 aromatic carbocycles. The molecule has 7 nitrogen and oxygen atoms in total. The van der Waals surface area contributed by atoms with Crippen molar-refractivity contribution in [3.63, 3.8) is 0 Å². The van der Waals surface area contributed by atoms with Crippen molar-refractivity contribution in [1.29, 1.82) is 0 Å². The molecule has 0 aliphatic carbocycles. The van der Waals surface area contributed by atoms with Crippen LogP contribution in [0.3, 0.4) is 0 Å². The summed E-state index contributed by atoms with van der Waals surface area (Å²) in [7, 11) is 1.27. The van der Waals surface area contributed by atoms with Gasteiger partial charge in [-0.15, -0.1) is 5.10 Å². The Bertz CT molecular complexity index is 371. The van der Waals surface area contributed by atoms with Crippen LogP contribution >= 0.6 is 0 Å². The lowest BCUT2D eigenvalue weighted by molar-refractivity contribution is -0.141. The molecule has 0 atom stereocenters. The Kier molecular flexibility index (Phi) is 2.80. The number of carbonyl (C=O) groups is 2. The van der Waals surface area contributed by atoms with Crippen LogP contribution in [-0.2, 0) is 16.1 Å². The fraction of sp³-hybridized carbons (Fsp3) is 0.429. The minimum Gasteiger partial charge on any atom is -0.468 e. The molecule has 0 fully saturated rings. The summed E-state index contributed by atoms with van der Waals surface area (Å²) in [6, 6.07) is 0. The zero-order valence-corrected chi connectivity index (χ0v) is 7.85. The average Bonchev–Trinajstić information content (AvgIpc) is 2.48. The Morgan fingerprint density at radius 1 is 1.57 bits per heavy atom. The van der Waals surface area contributed by atoms with Crippen molar-refractivity contribution < 1.29 is 14.3 Å². The molecular formula is C7H10N4O3. The van der Waals surface area contributed by atoms with Gasteiger partial charge in [0.2, 0.25) is 0 Å². The number of ether oxygens (including phenoxy) is 1. The van der Waals surface area contributed by atoms with Crippen LogP contribution in [0.4, 0.5) is 0 Å². The summed E-state index contributed by atoms with van der Waals surface area (Å²) >= 11 is 0. The first kappa shape index (κ1) is 10.2. The average molecular weight is 198 g/mol. The maximum atomic E-state index is 10.9. The number of methoxy groups -OCH3 is 1. The third-order valence-electron chi connectivity index (χ3n) is 1.72. The summed E-state index contributed by atoms with van der Waals surface area (Å²) in [5.41, 5.74) is 5.53. The molecule has 0 unspecified atom stereocenters. The van der Waals surface area contributed by atoms with Gasteiger partial charge in [0.15, 0.2) is 5.69 Å². The molecule has 0 aliphatic rings. The van der Waals surface area contributed by atoms with Gasteiger partial charge in [0.05, 0.1) is 12.8 Å². The molecule has 14 heavy (non-hydrogen) atoms. The monoisotopic (exact) mass is 198 g/mol. The van der Waals surface area contributed by atoms with Gasteiger partial charge in [0.25, 0.3) is 5.91 Å². The molecule has 0 saturated heterocycles. The van der Waals surface area contributed by atoms with E-state index in [0.717, 1.165) is 0 Å². The maximum Gasteiger partial charge on any atom is 0.327 e. The fourth-order valence-electron chi connectivity index (χ4n) is 0.925. The normalized spacial score (nSPS) is 9.86. The highest BCUT2D eigenvalue weighted by atomic mass is 16.5. The quantitative estimate of drug-likeness (QED) is 0.618. The second-order valence-corrected chi connectivity index (χ2v) is 2.62. The van der Waals surface area contributed by atoms with Crippen molar-refractivity contribution in [3.05, 3.63) is 11.4 Å². The van der Waals surface area contributed by atoms with E-state index in [1.807, 2.05) is 0 Å². The van der Waals surface area contributed by atoms with Crippen LogP contribution in [0.2, 0.25) is 0 Å². The molecule has 0 aliphatic heterocycles. The minimum atomic E-state index is -0.668. The van der Waals surface area contributed by atoms with Crippen LogP contribution < -0.4 is 5.73 Å². The number of nitrogens with zero attached hydrogens (tertiary/aromatic N) is 3. The van der Waals surface area contributed by atoms with E-state index in [9.17, 15) is 9.59 Å². The van der Waals surface area contributed by atoms with E-state index in [2.05, 4.69) is 15.0 Å². The minimum absolute atomic E-state index is 0.0638. The van der Waals surface area contributed by atoms with Gasteiger partial charge in [-0.05, 0) is 6.92 Å². The SMILES string of the molecule is COC(=O)Cn1nnc(C(N)=O)c1C. The molecule has 1 amide bonds. The first-order valence-corrected chi connectivity index (χ1v) is 3.83. The first-order valence-electron chi connectivity index (χ1n) is 3.83. The van der Waals surface area contributed by atoms with Crippen LogP contribution in [0.15, 0.2) is 0 Å². The number of aromatic nitrogens is 3. The lowest BCUT2D eigenvalue weighted by Gasteiger charge is -2.00. The van der Waals surface area contributed by atoms with Crippen LogP contribution in [0.1, 0.15) is 16.2 Å². The van der Waals surface area contributed by atoms with E-state index in [1.54, 1.807) is 6.92 Å². The van der Waals surface area contributed by atoms with Crippen molar-refractivity contribution >= 4 is 11.9 Å². The number of rotatable bonds is 3. The second-order valence-electron chi connectivity index (χ2n) is 2.62. The maximum absolute atomic E-state index is 10.9. The standard InChI is InChI=1S/C7H10N4O3/c1-4-6(7(8)13)9-10-11(4)3-5(12)14-2/h3H2,1-2H3,(H2,8,13). The Balaban J connectivity index is 2.90. The number of primary amides is 1. The van der Waals surface area contributed by atoms with Crippen molar-refractivity contribution in [3.8, 4) is 0 Å². The van der Waals surface area contributed by atoms with Gasteiger partial charge >= 0.3 is 5.97 Å². The zero-order chi connectivity index (χ0) is 10.7. The smallest absolute Gasteiger partial charge is 0.327 e. The molecule has 1 rings (SSSR count). The van der Waals surface area contributed by atoms with Crippen molar-refractivity contribution in [1.82, 2.24) is 15.0 Å². The van der Waals surface area contributed by atoms with Crippen molar-refractivity contribution in [2.75, 3.05) is 7.11 Å². The van der Waals surface area contributed by atoms with Gasteiger partial charge in [-0.3, -0.25) is 9.59 Å². The van der Waals surface area contributed by atoms with E-state index < -0.39 is 11.9 Å².